The fraction of sp³-hybridized carbons (Fsp3) is 0.100. The van der Waals surface area contributed by atoms with Crippen molar-refractivity contribution in [3.63, 3.8) is 0 Å². The number of ether oxygens (including phenoxy) is 3. The van der Waals surface area contributed by atoms with Gasteiger partial charge in [-0.15, -0.1) is 0 Å². The van der Waals surface area contributed by atoms with Gasteiger partial charge in [0.05, 0.1) is 25.5 Å². The van der Waals surface area contributed by atoms with Gasteiger partial charge in [-0.25, -0.2) is 4.79 Å². The number of para-hydroxylation sites is 1. The SMILES string of the molecule is COc1ccc(C(=O)Oc2ccccc2-c2ccccn2)cc1OC. The predicted octanol–water partition coefficient (Wildman–Crippen LogP) is 3.99. The molecule has 0 atom stereocenters. The number of hydrogen-bond acceptors (Lipinski definition) is 5. The number of hydrogen-bond donors (Lipinski definition) is 0. The number of methoxy groups -OCH3 is 2. The van der Waals surface area contributed by atoms with Crippen molar-refractivity contribution >= 4 is 5.97 Å². The molecule has 0 aliphatic carbocycles. The summed E-state index contributed by atoms with van der Waals surface area (Å²) in [5.74, 6) is 0.980. The van der Waals surface area contributed by atoms with E-state index in [1.807, 2.05) is 36.4 Å². The van der Waals surface area contributed by atoms with Gasteiger partial charge in [0, 0.05) is 11.8 Å². The molecule has 0 aliphatic heterocycles. The lowest BCUT2D eigenvalue weighted by atomic mass is 10.1. The Hall–Kier alpha value is -3.34. The molecule has 0 fully saturated rings. The standard InChI is InChI=1S/C20H17NO4/c1-23-18-11-10-14(13-19(18)24-2)20(22)25-17-9-4-3-7-15(17)16-8-5-6-12-21-16/h3-13H,1-2H3. The Morgan fingerprint density at radius 1 is 0.840 bits per heavy atom. The fourth-order valence-corrected chi connectivity index (χ4v) is 2.41. The first-order chi connectivity index (χ1) is 12.2. The van der Waals surface area contributed by atoms with E-state index in [2.05, 4.69) is 4.98 Å². The lowest BCUT2D eigenvalue weighted by Gasteiger charge is -2.11. The van der Waals surface area contributed by atoms with Crippen molar-refractivity contribution < 1.29 is 19.0 Å². The minimum absolute atomic E-state index is 0.369. The summed E-state index contributed by atoms with van der Waals surface area (Å²) in [5.41, 5.74) is 1.85. The summed E-state index contributed by atoms with van der Waals surface area (Å²) in [6.45, 7) is 0. The highest BCUT2D eigenvalue weighted by Gasteiger charge is 2.15. The Bertz CT molecular complexity index is 878. The van der Waals surface area contributed by atoms with Gasteiger partial charge in [-0.1, -0.05) is 18.2 Å². The van der Waals surface area contributed by atoms with Crippen LogP contribution in [0, 0.1) is 0 Å². The van der Waals surface area contributed by atoms with Crippen molar-refractivity contribution in [2.24, 2.45) is 0 Å². The molecule has 3 aromatic rings. The smallest absolute Gasteiger partial charge is 0.343 e. The van der Waals surface area contributed by atoms with Crippen LogP contribution in [-0.4, -0.2) is 25.2 Å². The van der Waals surface area contributed by atoms with Gasteiger partial charge in [-0.2, -0.15) is 0 Å². The van der Waals surface area contributed by atoms with Crippen molar-refractivity contribution in [3.05, 3.63) is 72.4 Å². The Kier molecular flexibility index (Phi) is 4.95. The van der Waals surface area contributed by atoms with Gasteiger partial charge < -0.3 is 14.2 Å². The van der Waals surface area contributed by atoms with E-state index >= 15 is 0 Å². The van der Waals surface area contributed by atoms with Crippen LogP contribution >= 0.6 is 0 Å². The van der Waals surface area contributed by atoms with Crippen molar-refractivity contribution in [3.8, 4) is 28.5 Å². The van der Waals surface area contributed by atoms with Gasteiger partial charge in [-0.3, -0.25) is 4.98 Å². The molecule has 0 amide bonds. The molecule has 0 aliphatic rings. The van der Waals surface area contributed by atoms with E-state index in [0.29, 0.717) is 22.8 Å². The molecule has 0 bridgehead atoms. The van der Waals surface area contributed by atoms with Gasteiger partial charge in [0.1, 0.15) is 5.75 Å². The highest BCUT2D eigenvalue weighted by atomic mass is 16.5. The molecule has 2 aromatic carbocycles. The lowest BCUT2D eigenvalue weighted by Crippen LogP contribution is -2.09. The van der Waals surface area contributed by atoms with E-state index in [1.165, 1.54) is 7.11 Å². The van der Waals surface area contributed by atoms with Crippen LogP contribution in [0.5, 0.6) is 17.2 Å². The maximum absolute atomic E-state index is 12.5. The normalized spacial score (nSPS) is 10.2. The molecule has 0 saturated heterocycles. The van der Waals surface area contributed by atoms with Crippen LogP contribution in [0.4, 0.5) is 0 Å². The summed E-state index contributed by atoms with van der Waals surface area (Å²) in [6, 6.07) is 17.8. The Labute approximate surface area is 145 Å². The van der Waals surface area contributed by atoms with Crippen LogP contribution in [-0.2, 0) is 0 Å². The monoisotopic (exact) mass is 335 g/mol. The van der Waals surface area contributed by atoms with Gasteiger partial charge >= 0.3 is 5.97 Å². The average molecular weight is 335 g/mol. The molecule has 1 aromatic heterocycles. The second kappa shape index (κ2) is 7.49. The minimum Gasteiger partial charge on any atom is -0.493 e. The molecule has 126 valence electrons. The zero-order valence-electron chi connectivity index (χ0n) is 13.9. The molecular formula is C20H17NO4. The largest absolute Gasteiger partial charge is 0.493 e. The van der Waals surface area contributed by atoms with Crippen LogP contribution in [0.2, 0.25) is 0 Å². The molecule has 3 rings (SSSR count). The summed E-state index contributed by atoms with van der Waals surface area (Å²) >= 11 is 0. The Morgan fingerprint density at radius 3 is 2.32 bits per heavy atom. The number of benzene rings is 2. The average Bonchev–Trinajstić information content (AvgIpc) is 2.68. The van der Waals surface area contributed by atoms with Crippen LogP contribution in [0.25, 0.3) is 11.3 Å². The molecule has 0 spiro atoms. The van der Waals surface area contributed by atoms with E-state index in [9.17, 15) is 4.79 Å². The third-order valence-corrected chi connectivity index (χ3v) is 3.65. The summed E-state index contributed by atoms with van der Waals surface area (Å²) in [5, 5.41) is 0. The summed E-state index contributed by atoms with van der Waals surface area (Å²) in [4.78, 5) is 16.8. The second-order valence-corrected chi connectivity index (χ2v) is 5.17. The van der Waals surface area contributed by atoms with Gasteiger partial charge in [0.2, 0.25) is 0 Å². The van der Waals surface area contributed by atoms with Crippen molar-refractivity contribution in [2.45, 2.75) is 0 Å². The molecule has 0 saturated carbocycles. The van der Waals surface area contributed by atoms with E-state index < -0.39 is 5.97 Å². The maximum atomic E-state index is 12.5. The first kappa shape index (κ1) is 16.5. The molecule has 5 nitrogen and oxygen atoms in total. The molecule has 0 N–H and O–H groups in total. The first-order valence-corrected chi connectivity index (χ1v) is 7.67. The fourth-order valence-electron chi connectivity index (χ4n) is 2.41. The number of aromatic nitrogens is 1. The first-order valence-electron chi connectivity index (χ1n) is 7.67. The molecule has 25 heavy (non-hydrogen) atoms. The highest BCUT2D eigenvalue weighted by Crippen LogP contribution is 2.31. The van der Waals surface area contributed by atoms with Crippen LogP contribution < -0.4 is 14.2 Å². The summed E-state index contributed by atoms with van der Waals surface area (Å²) in [7, 11) is 3.06. The van der Waals surface area contributed by atoms with E-state index in [-0.39, 0.29) is 0 Å². The number of nitrogens with zero attached hydrogens (tertiary/aromatic N) is 1. The van der Waals surface area contributed by atoms with E-state index in [4.69, 9.17) is 14.2 Å². The quantitative estimate of drug-likeness (QED) is 0.521. The minimum atomic E-state index is -0.482. The Balaban J connectivity index is 1.90. The number of carbonyl (C=O) groups excluding carboxylic acids is 1. The lowest BCUT2D eigenvalue weighted by molar-refractivity contribution is 0.0735. The third kappa shape index (κ3) is 3.61. The molecule has 1 heterocycles. The van der Waals surface area contributed by atoms with Gasteiger partial charge in [0.15, 0.2) is 11.5 Å². The Morgan fingerprint density at radius 2 is 1.60 bits per heavy atom. The topological polar surface area (TPSA) is 57.7 Å². The van der Waals surface area contributed by atoms with Crippen LogP contribution in [0.1, 0.15) is 10.4 Å². The number of carbonyl (C=O) groups is 1. The summed E-state index contributed by atoms with van der Waals surface area (Å²) in [6.07, 6.45) is 1.70. The highest BCUT2D eigenvalue weighted by molar-refractivity contribution is 5.92. The van der Waals surface area contributed by atoms with Crippen molar-refractivity contribution in [1.82, 2.24) is 4.98 Å². The molecular weight excluding hydrogens is 318 g/mol. The van der Waals surface area contributed by atoms with Crippen LogP contribution in [0.15, 0.2) is 66.9 Å². The summed E-state index contributed by atoms with van der Waals surface area (Å²) < 4.78 is 16.0. The molecule has 5 heteroatoms. The van der Waals surface area contributed by atoms with Gasteiger partial charge in [0.25, 0.3) is 0 Å². The third-order valence-electron chi connectivity index (χ3n) is 3.65. The van der Waals surface area contributed by atoms with Gasteiger partial charge in [-0.05, 0) is 42.5 Å². The zero-order valence-corrected chi connectivity index (χ0v) is 13.9. The van der Waals surface area contributed by atoms with E-state index in [0.717, 1.165) is 11.3 Å². The van der Waals surface area contributed by atoms with Crippen molar-refractivity contribution in [1.29, 1.82) is 0 Å². The molecule has 0 unspecified atom stereocenters. The molecule has 0 radical (unpaired) electrons. The van der Waals surface area contributed by atoms with E-state index in [1.54, 1.807) is 37.6 Å². The maximum Gasteiger partial charge on any atom is 0.343 e. The predicted molar refractivity (Wildman–Crippen MR) is 94.2 cm³/mol. The second-order valence-electron chi connectivity index (χ2n) is 5.17. The number of esters is 1. The zero-order chi connectivity index (χ0) is 17.6. The number of rotatable bonds is 5. The number of pyridine rings is 1. The van der Waals surface area contributed by atoms with Crippen molar-refractivity contribution in [2.75, 3.05) is 14.2 Å². The van der Waals surface area contributed by atoms with Crippen LogP contribution in [0.3, 0.4) is 0 Å².